The maximum Gasteiger partial charge on any atom is 0.247 e. The molecule has 13 rings (SSSR count). The van der Waals surface area contributed by atoms with Crippen LogP contribution in [-0.4, -0.2) is 20.5 Å². The normalized spacial score (nSPS) is 13.2. The number of hydrogen-bond donors (Lipinski definition) is 0. The maximum absolute atomic E-state index is 6.70. The molecule has 0 amide bonds. The Bertz CT molecular complexity index is 3430. The van der Waals surface area contributed by atoms with Gasteiger partial charge in [0.1, 0.15) is 51.7 Å². The van der Waals surface area contributed by atoms with Crippen molar-refractivity contribution in [3.05, 3.63) is 188 Å². The smallest absolute Gasteiger partial charge is 0.247 e. The number of hydrogen-bond acceptors (Lipinski definition) is 9. The Morgan fingerprint density at radius 1 is 0.328 bits per heavy atom. The predicted octanol–water partition coefficient (Wildman–Crippen LogP) is 12.1. The highest BCUT2D eigenvalue weighted by Gasteiger charge is 2.44. The van der Waals surface area contributed by atoms with E-state index in [9.17, 15) is 0 Å². The second-order valence-corrected chi connectivity index (χ2v) is 21.0. The fourth-order valence-electron chi connectivity index (χ4n) is 9.47. The molecular weight excluding hydrogens is 903 g/mol. The molecule has 0 saturated heterocycles. The van der Waals surface area contributed by atoms with Crippen LogP contribution in [0.2, 0.25) is 0 Å². The number of rotatable bonds is 9. The number of para-hydroxylation sites is 2. The summed E-state index contributed by atoms with van der Waals surface area (Å²) in [6, 6.07) is 63.0. The zero-order valence-electron chi connectivity index (χ0n) is 36.1. The van der Waals surface area contributed by atoms with E-state index in [0.717, 1.165) is 66.4 Å². The molecule has 4 aliphatic rings. The van der Waals surface area contributed by atoms with E-state index in [1.54, 1.807) is 30.6 Å². The highest BCUT2D eigenvalue weighted by molar-refractivity contribution is 8.02. The molecule has 4 heterocycles. The van der Waals surface area contributed by atoms with Gasteiger partial charge in [-0.15, -0.1) is 0 Å². The van der Waals surface area contributed by atoms with Crippen LogP contribution in [0, 0.1) is 6.92 Å². The lowest BCUT2D eigenvalue weighted by molar-refractivity contribution is 0.412. The lowest BCUT2D eigenvalue weighted by Gasteiger charge is -2.37. The van der Waals surface area contributed by atoms with Gasteiger partial charge >= 0.3 is 0 Å². The van der Waals surface area contributed by atoms with Crippen molar-refractivity contribution >= 4 is 93.2 Å². The molecule has 0 aliphatic carbocycles. The van der Waals surface area contributed by atoms with Crippen LogP contribution < -0.4 is 56.5 Å². The zero-order valence-corrected chi connectivity index (χ0v) is 39.4. The fourth-order valence-corrected chi connectivity index (χ4v) is 14.6. The molecule has 320 valence electrons. The van der Waals surface area contributed by atoms with Crippen LogP contribution in [0.5, 0.6) is 51.7 Å². The molecule has 0 fully saturated rings. The minimum atomic E-state index is -0.0431. The van der Waals surface area contributed by atoms with Gasteiger partial charge in [-0.25, -0.2) is 0 Å². The van der Waals surface area contributed by atoms with Crippen molar-refractivity contribution in [2.45, 2.75) is 46.1 Å². The summed E-state index contributed by atoms with van der Waals surface area (Å²) in [5.74, 6) is 7.23. The van der Waals surface area contributed by atoms with Crippen LogP contribution in [0.3, 0.4) is 0 Å². The van der Waals surface area contributed by atoms with Crippen LogP contribution in [0.25, 0.3) is 0 Å². The third-order valence-electron chi connectivity index (χ3n) is 12.5. The first-order valence-corrected chi connectivity index (χ1v) is 25.3. The Hall–Kier alpha value is -6.49. The summed E-state index contributed by atoms with van der Waals surface area (Å²) < 4.78 is 32.1. The summed E-state index contributed by atoms with van der Waals surface area (Å²) in [5, 5.41) is 0. The van der Waals surface area contributed by atoms with E-state index >= 15 is 0 Å². The molecule has 4 aliphatic heterocycles. The molecule has 5 nitrogen and oxygen atoms in total. The SMILES string of the molecule is COc1ccc(Oc2cc3c4c(c2)Sc2c(Oc5ccccc5)cccc2B4c2cc4c(cc2S3)Sc2cc(Oc3ccc(C)cc3)cc3c2B4c2cccc(Oc4ccccc4)c2S3)cc1. The molecule has 0 radical (unpaired) electrons. The van der Waals surface area contributed by atoms with Gasteiger partial charge in [0.25, 0.3) is 0 Å². The summed E-state index contributed by atoms with van der Waals surface area (Å²) in [4.78, 5) is 9.40. The molecular formula is C56H36B2O5S4. The monoisotopic (exact) mass is 938 g/mol. The molecule has 0 atom stereocenters. The van der Waals surface area contributed by atoms with Gasteiger partial charge in [0, 0.05) is 29.4 Å². The second-order valence-electron chi connectivity index (χ2n) is 16.7. The molecule has 9 aromatic rings. The molecule has 0 N–H and O–H groups in total. The Morgan fingerprint density at radius 3 is 1.21 bits per heavy atom. The van der Waals surface area contributed by atoms with Crippen molar-refractivity contribution in [1.82, 2.24) is 0 Å². The second kappa shape index (κ2) is 16.7. The van der Waals surface area contributed by atoms with E-state index in [1.165, 1.54) is 62.8 Å². The number of ether oxygens (including phenoxy) is 5. The molecule has 9 aromatic carbocycles. The third-order valence-corrected chi connectivity index (χ3v) is 17.2. The van der Waals surface area contributed by atoms with Gasteiger partial charge in [-0.3, -0.25) is 0 Å². The average molecular weight is 939 g/mol. The van der Waals surface area contributed by atoms with Gasteiger partial charge in [0.2, 0.25) is 13.4 Å². The largest absolute Gasteiger partial charge is 0.497 e. The van der Waals surface area contributed by atoms with Crippen LogP contribution in [0.1, 0.15) is 5.56 Å². The predicted molar refractivity (Wildman–Crippen MR) is 275 cm³/mol. The number of benzene rings is 9. The quantitative estimate of drug-likeness (QED) is 0.132. The Kier molecular flexibility index (Phi) is 10.1. The van der Waals surface area contributed by atoms with E-state index in [2.05, 4.69) is 91.9 Å². The first-order chi connectivity index (χ1) is 33.0. The minimum Gasteiger partial charge on any atom is -0.497 e. The van der Waals surface area contributed by atoms with Crippen molar-refractivity contribution in [2.75, 3.05) is 7.11 Å². The number of methoxy groups -OCH3 is 1. The van der Waals surface area contributed by atoms with E-state index in [4.69, 9.17) is 23.7 Å². The minimum absolute atomic E-state index is 0.0353. The van der Waals surface area contributed by atoms with Gasteiger partial charge in [-0.1, -0.05) is 153 Å². The van der Waals surface area contributed by atoms with E-state index < -0.39 is 0 Å². The van der Waals surface area contributed by atoms with Gasteiger partial charge in [0.05, 0.1) is 16.9 Å². The average Bonchev–Trinajstić information content (AvgIpc) is 3.35. The summed E-state index contributed by atoms with van der Waals surface area (Å²) in [6.45, 7) is 2.02. The summed E-state index contributed by atoms with van der Waals surface area (Å²) >= 11 is 7.20. The van der Waals surface area contributed by atoms with Crippen molar-refractivity contribution in [3.8, 4) is 51.7 Å². The summed E-state index contributed by atoms with van der Waals surface area (Å²) in [7, 11) is 1.68. The molecule has 0 saturated carbocycles. The topological polar surface area (TPSA) is 46.2 Å². The summed E-state index contributed by atoms with van der Waals surface area (Å²) in [5.41, 5.74) is 8.87. The lowest BCUT2D eigenvalue weighted by atomic mass is 9.33. The first-order valence-electron chi connectivity index (χ1n) is 22.0. The summed E-state index contributed by atoms with van der Waals surface area (Å²) in [6.07, 6.45) is 0. The molecule has 0 spiro atoms. The first kappa shape index (κ1) is 40.8. The highest BCUT2D eigenvalue weighted by Crippen LogP contribution is 2.48. The number of aryl methyl sites for hydroxylation is 1. The van der Waals surface area contributed by atoms with Crippen LogP contribution in [0.4, 0.5) is 0 Å². The van der Waals surface area contributed by atoms with E-state index in [1.807, 2.05) is 121 Å². The molecule has 0 unspecified atom stereocenters. The maximum atomic E-state index is 6.70. The third kappa shape index (κ3) is 7.36. The highest BCUT2D eigenvalue weighted by atomic mass is 32.2. The van der Waals surface area contributed by atoms with Crippen molar-refractivity contribution in [3.63, 3.8) is 0 Å². The van der Waals surface area contributed by atoms with Crippen LogP contribution in [0.15, 0.2) is 221 Å². The molecule has 0 bridgehead atoms. The molecule has 67 heavy (non-hydrogen) atoms. The van der Waals surface area contributed by atoms with Crippen molar-refractivity contribution < 1.29 is 23.7 Å². The Balaban J connectivity index is 0.981. The van der Waals surface area contributed by atoms with Crippen LogP contribution >= 0.6 is 47.0 Å². The molecule has 0 aromatic heterocycles. The van der Waals surface area contributed by atoms with E-state index in [0.29, 0.717) is 0 Å². The van der Waals surface area contributed by atoms with Crippen molar-refractivity contribution in [2.24, 2.45) is 0 Å². The Labute approximate surface area is 406 Å². The molecule has 11 heteroatoms. The Morgan fingerprint density at radius 2 is 0.746 bits per heavy atom. The van der Waals surface area contributed by atoms with Crippen molar-refractivity contribution in [1.29, 1.82) is 0 Å². The number of fused-ring (bicyclic) bond motifs is 8. The van der Waals surface area contributed by atoms with Gasteiger partial charge < -0.3 is 23.7 Å². The fraction of sp³-hybridized carbons (Fsp3) is 0.0357. The van der Waals surface area contributed by atoms with Crippen LogP contribution in [-0.2, 0) is 0 Å². The zero-order chi connectivity index (χ0) is 44.6. The standard InChI is InChI=1S/C56H36B2O5S4/c1-33-19-21-37(22-20-33)60-39-27-49-53-51(29-39)66-55-41(15-9-17-45(55)62-35-11-5-3-6-12-35)57(53)43-31-44-48(32-47(43)64-49)65-50-28-40(61-38-25-23-34(59-2)24-26-38)30-52-54(50)58(44)42-16-10-18-46(56(42)67-52)63-36-13-7-4-8-14-36/h3-32H,1-2H3. The van der Waals surface area contributed by atoms with Gasteiger partial charge in [-0.05, 0) is 121 Å². The lowest BCUT2D eigenvalue weighted by Crippen LogP contribution is -2.62. The van der Waals surface area contributed by atoms with E-state index in [-0.39, 0.29) is 13.4 Å². The van der Waals surface area contributed by atoms with Gasteiger partial charge in [0.15, 0.2) is 0 Å². The van der Waals surface area contributed by atoms with Gasteiger partial charge in [-0.2, -0.15) is 0 Å².